The number of aliphatic hydroxyl groups excluding tert-OH is 1. The monoisotopic (exact) mass is 749 g/mol. The number of aromatic carboxylic acids is 1. The largest absolute Gasteiger partial charge is 0.477 e. The van der Waals surface area contributed by atoms with Gasteiger partial charge in [0, 0.05) is 60.3 Å². The number of unbranched alkanes of at least 4 members (excludes halogenated alkanes) is 2. The number of alkyl carbamates (subject to hydrolysis) is 1. The Morgan fingerprint density at radius 2 is 1.80 bits per heavy atom. The van der Waals surface area contributed by atoms with E-state index in [2.05, 4.69) is 18.8 Å². The van der Waals surface area contributed by atoms with Gasteiger partial charge in [-0.3, -0.25) is 19.7 Å². The minimum atomic E-state index is -1.36. The average Bonchev–Trinajstić information content (AvgIpc) is 3.50. The number of benzene rings is 1. The zero-order valence-electron chi connectivity index (χ0n) is 32.3. The number of fused-ring (bicyclic) bond motifs is 1. The zero-order chi connectivity index (χ0) is 39.3. The van der Waals surface area contributed by atoms with Gasteiger partial charge in [-0.15, -0.1) is 6.58 Å². The molecular weight excluding hydrogens is 693 g/mol. The number of pyridine rings is 1. The Kier molecular flexibility index (Phi) is 10.9. The molecule has 1 aromatic carbocycles. The van der Waals surface area contributed by atoms with Crippen molar-refractivity contribution >= 4 is 40.3 Å². The van der Waals surface area contributed by atoms with Crippen molar-refractivity contribution < 1.29 is 38.5 Å². The van der Waals surface area contributed by atoms with Crippen LogP contribution in [0, 0.1) is 45.7 Å². The van der Waals surface area contributed by atoms with E-state index in [1.54, 1.807) is 21.6 Å². The number of rotatable bonds is 9. The fourth-order valence-corrected chi connectivity index (χ4v) is 10.8. The van der Waals surface area contributed by atoms with Gasteiger partial charge >= 0.3 is 12.1 Å². The first-order valence-corrected chi connectivity index (χ1v) is 19.7. The molecule has 3 aliphatic carbocycles. The average molecular weight is 750 g/mol. The molecule has 2 heterocycles. The molecule has 3 N–H and O–H groups in total. The van der Waals surface area contributed by atoms with Crippen molar-refractivity contribution in [1.29, 1.82) is 0 Å². The number of aromatic nitrogens is 1. The second kappa shape index (κ2) is 14.9. The summed E-state index contributed by atoms with van der Waals surface area (Å²) in [5.74, 6) is -3.41. The molecule has 2 aromatic rings. The minimum Gasteiger partial charge on any atom is -0.477 e. The van der Waals surface area contributed by atoms with Crippen molar-refractivity contribution in [2.75, 3.05) is 18.0 Å². The lowest BCUT2D eigenvalue weighted by Crippen LogP contribution is -2.63. The predicted octanol–water partition coefficient (Wildman–Crippen LogP) is 6.86. The molecule has 4 fully saturated rings. The minimum absolute atomic E-state index is 0.00149. The molecule has 12 heteroatoms. The first-order chi connectivity index (χ1) is 25.5. The molecule has 2 amide bonds. The highest BCUT2D eigenvalue weighted by Crippen LogP contribution is 2.68. The highest BCUT2D eigenvalue weighted by Gasteiger charge is 2.68. The number of hydrogen-bond acceptors (Lipinski definition) is 8. The summed E-state index contributed by atoms with van der Waals surface area (Å²) in [6.45, 7) is 15.3. The number of amides is 2. The maximum atomic E-state index is 15.6. The number of ether oxygens (including phenoxy) is 1. The van der Waals surface area contributed by atoms with Crippen LogP contribution in [-0.4, -0.2) is 63.8 Å². The third-order valence-electron chi connectivity index (χ3n) is 14.4. The van der Waals surface area contributed by atoms with Gasteiger partial charge in [-0.25, -0.2) is 14.0 Å². The summed E-state index contributed by atoms with van der Waals surface area (Å²) in [5.41, 5.74) is -2.37. The number of imide groups is 1. The number of anilines is 1. The summed E-state index contributed by atoms with van der Waals surface area (Å²) < 4.78 is 23.5. The molecule has 8 atom stereocenters. The number of carbonyl (C=O) groups excluding carboxylic acids is 3. The Morgan fingerprint density at radius 1 is 1.09 bits per heavy atom. The van der Waals surface area contributed by atoms with Gasteiger partial charge in [0.25, 0.3) is 0 Å². The number of hydrogen-bond donors (Lipinski definition) is 3. The van der Waals surface area contributed by atoms with Gasteiger partial charge in [0.1, 0.15) is 23.3 Å². The van der Waals surface area contributed by atoms with Crippen LogP contribution < -0.4 is 15.6 Å². The molecule has 0 spiro atoms. The number of aryl methyl sites for hydroxylation is 1. The number of piperidine rings is 1. The van der Waals surface area contributed by atoms with Crippen LogP contribution in [0.25, 0.3) is 10.9 Å². The quantitative estimate of drug-likeness (QED) is 0.184. The highest BCUT2D eigenvalue weighted by molar-refractivity contribution is 5.94. The SMILES string of the molecule is C=C[C@]1(C)C[C@@H](OC(=O)NC(=O)C2CCN(c3cc4c(cc3F)c(=O)c(C(=O)O)cn4CCCCC)CC2)[C@@]2(C)C3C(=O)CCC3(CC[C@H]2C)[C@@H](C)[C@@H]1O. The van der Waals surface area contributed by atoms with Gasteiger partial charge in [-0.1, -0.05) is 53.5 Å². The molecule has 11 nitrogen and oxygen atoms in total. The summed E-state index contributed by atoms with van der Waals surface area (Å²) in [6, 6.07) is 2.69. The van der Waals surface area contributed by atoms with E-state index in [0.29, 0.717) is 50.8 Å². The van der Waals surface area contributed by atoms with Crippen LogP contribution in [0.15, 0.2) is 35.8 Å². The Balaban J connectivity index is 1.18. The van der Waals surface area contributed by atoms with E-state index in [9.17, 15) is 34.2 Å². The Labute approximate surface area is 316 Å². The fraction of sp³-hybridized carbons (Fsp3) is 0.643. The van der Waals surface area contributed by atoms with Gasteiger partial charge in [0.2, 0.25) is 11.3 Å². The number of carbonyl (C=O) groups is 4. The van der Waals surface area contributed by atoms with Gasteiger partial charge in [-0.2, -0.15) is 0 Å². The molecule has 1 aliphatic heterocycles. The second-order valence-corrected chi connectivity index (χ2v) is 17.1. The van der Waals surface area contributed by atoms with Crippen LogP contribution in [-0.2, 0) is 20.9 Å². The van der Waals surface area contributed by atoms with Gasteiger partial charge in [0.15, 0.2) is 0 Å². The molecule has 1 saturated heterocycles. The smallest absolute Gasteiger partial charge is 0.414 e. The Morgan fingerprint density at radius 3 is 2.44 bits per heavy atom. The normalized spacial score (nSPS) is 32.8. The number of aliphatic hydroxyl groups is 1. The van der Waals surface area contributed by atoms with Gasteiger partial charge < -0.3 is 24.4 Å². The van der Waals surface area contributed by atoms with Crippen molar-refractivity contribution in [2.45, 2.75) is 118 Å². The number of nitrogens with zero attached hydrogens (tertiary/aromatic N) is 2. The van der Waals surface area contributed by atoms with Crippen molar-refractivity contribution in [3.8, 4) is 0 Å². The van der Waals surface area contributed by atoms with Crippen molar-refractivity contribution in [2.24, 2.45) is 39.9 Å². The van der Waals surface area contributed by atoms with E-state index >= 15 is 4.39 Å². The number of halogens is 1. The molecule has 0 radical (unpaired) electrons. The molecule has 2 unspecified atom stereocenters. The number of ketones is 1. The molecule has 6 rings (SSSR count). The summed E-state index contributed by atoms with van der Waals surface area (Å²) in [4.78, 5) is 67.4. The summed E-state index contributed by atoms with van der Waals surface area (Å²) in [7, 11) is 0. The highest BCUT2D eigenvalue weighted by atomic mass is 19.1. The number of nitrogens with one attached hydrogen (secondary N) is 1. The molecule has 2 bridgehead atoms. The molecule has 54 heavy (non-hydrogen) atoms. The third kappa shape index (κ3) is 6.56. The van der Waals surface area contributed by atoms with E-state index in [0.717, 1.165) is 38.2 Å². The van der Waals surface area contributed by atoms with Crippen molar-refractivity contribution in [3.63, 3.8) is 0 Å². The first-order valence-electron chi connectivity index (χ1n) is 19.7. The van der Waals surface area contributed by atoms with Gasteiger partial charge in [-0.05, 0) is 74.3 Å². The van der Waals surface area contributed by atoms with Crippen LogP contribution in [0.1, 0.15) is 109 Å². The van der Waals surface area contributed by atoms with E-state index < -0.39 is 69.1 Å². The lowest BCUT2D eigenvalue weighted by atomic mass is 9.44. The summed E-state index contributed by atoms with van der Waals surface area (Å²) in [6.07, 6.45) is 6.89. The lowest BCUT2D eigenvalue weighted by Gasteiger charge is -2.61. The molecular formula is C42H56FN3O8. The van der Waals surface area contributed by atoms with E-state index in [1.165, 1.54) is 6.20 Å². The van der Waals surface area contributed by atoms with E-state index in [-0.39, 0.29) is 41.0 Å². The number of carboxylic acids is 1. The Bertz CT molecular complexity index is 1900. The molecule has 1 aromatic heterocycles. The fourth-order valence-electron chi connectivity index (χ4n) is 10.8. The number of carboxylic acid groups (broad SMARTS) is 1. The maximum Gasteiger partial charge on any atom is 0.414 e. The lowest BCUT2D eigenvalue weighted by molar-refractivity contribution is -0.191. The van der Waals surface area contributed by atoms with Crippen molar-refractivity contribution in [3.05, 3.63) is 52.6 Å². The van der Waals surface area contributed by atoms with Crippen LogP contribution in [0.4, 0.5) is 14.9 Å². The molecule has 3 saturated carbocycles. The van der Waals surface area contributed by atoms with Crippen LogP contribution in [0.3, 0.4) is 0 Å². The molecule has 4 aliphatic rings. The van der Waals surface area contributed by atoms with Crippen molar-refractivity contribution in [1.82, 2.24) is 9.88 Å². The number of Topliss-reactive ketones (excluding diaryl/α,β-unsaturated/α-hetero) is 1. The van der Waals surface area contributed by atoms with Crippen LogP contribution in [0.2, 0.25) is 0 Å². The Hall–Kier alpha value is -4.06. The molecule has 294 valence electrons. The van der Waals surface area contributed by atoms with Crippen LogP contribution >= 0.6 is 0 Å². The summed E-state index contributed by atoms with van der Waals surface area (Å²) in [5, 5.41) is 23.9. The van der Waals surface area contributed by atoms with Crippen LogP contribution in [0.5, 0.6) is 0 Å². The standard InChI is InChI=1S/C42H56FN3O8/c1-7-9-10-17-46-23-28(38(51)52)34(48)27-20-29(43)31(21-30(27)46)45-18-13-26(14-19-45)37(50)44-39(53)54-33-22-40(5,8-2)36(49)25(4)42-15-11-24(3)41(33,6)35(42)32(47)12-16-42/h8,20-21,23-26,33,35-36,49H,2,7,9-19,22H2,1,3-6H3,(H,51,52)(H,44,50,53)/t24-,25+,33-,35?,36+,40-,41+,42?/m1/s1. The van der Waals surface area contributed by atoms with E-state index in [1.807, 2.05) is 27.7 Å². The van der Waals surface area contributed by atoms with E-state index in [4.69, 9.17) is 4.74 Å². The first kappa shape index (κ1) is 39.6. The summed E-state index contributed by atoms with van der Waals surface area (Å²) >= 11 is 0. The zero-order valence-corrected chi connectivity index (χ0v) is 32.3. The van der Waals surface area contributed by atoms with Gasteiger partial charge in [0.05, 0.1) is 17.3 Å². The topological polar surface area (TPSA) is 155 Å². The predicted molar refractivity (Wildman–Crippen MR) is 203 cm³/mol. The third-order valence-corrected chi connectivity index (χ3v) is 14.4. The second-order valence-electron chi connectivity index (χ2n) is 17.1. The maximum absolute atomic E-state index is 15.6.